The predicted molar refractivity (Wildman–Crippen MR) is 155 cm³/mol. The first kappa shape index (κ1) is 26.3. The molecule has 16 heteroatoms. The Bertz CT molecular complexity index is 1880. The molecule has 1 aliphatic heterocycles. The number of H-pyrrole nitrogens is 3. The summed E-state index contributed by atoms with van der Waals surface area (Å²) in [6.45, 7) is 0.0860. The largest absolute Gasteiger partial charge is 0.346 e. The van der Waals surface area contributed by atoms with Gasteiger partial charge in [0.25, 0.3) is 0 Å². The maximum Gasteiger partial charge on any atom is 0.193 e. The number of nitrogens with one attached hydrogen (secondary N) is 3. The Morgan fingerprint density at radius 2 is 1.64 bits per heavy atom. The molecule has 0 aliphatic carbocycles. The van der Waals surface area contributed by atoms with Crippen molar-refractivity contribution in [2.75, 3.05) is 11.4 Å². The van der Waals surface area contributed by atoms with Crippen LogP contribution in [0.25, 0.3) is 0 Å². The van der Waals surface area contributed by atoms with Gasteiger partial charge in [-0.1, -0.05) is 6.07 Å². The quantitative estimate of drug-likeness (QED) is 0.240. The van der Waals surface area contributed by atoms with Crippen molar-refractivity contribution in [2.24, 2.45) is 0 Å². The van der Waals surface area contributed by atoms with E-state index in [4.69, 9.17) is 29.7 Å². The third kappa shape index (κ3) is 3.79. The molecule has 3 atom stereocenters. The van der Waals surface area contributed by atoms with Crippen molar-refractivity contribution in [3.8, 4) is 0 Å². The molecule has 7 aromatic rings. The van der Waals surface area contributed by atoms with Gasteiger partial charge in [0, 0.05) is 55.8 Å². The van der Waals surface area contributed by atoms with E-state index in [1.54, 1.807) is 80.3 Å². The molecule has 8 rings (SSSR count). The number of rotatable bonds is 7. The van der Waals surface area contributed by atoms with Crippen molar-refractivity contribution in [3.63, 3.8) is 0 Å². The zero-order valence-electron chi connectivity index (χ0n) is 23.4. The van der Waals surface area contributed by atoms with E-state index in [0.717, 1.165) is 0 Å². The number of aromatic amines is 3. The van der Waals surface area contributed by atoms with E-state index in [-0.39, 0.29) is 6.54 Å². The molecule has 3 N–H and O–H groups in total. The summed E-state index contributed by atoms with van der Waals surface area (Å²) in [5, 5.41) is 28.0. The average Bonchev–Trinajstić information content (AvgIpc) is 3.94. The monoisotopic (exact) mass is 597 g/mol. The van der Waals surface area contributed by atoms with Gasteiger partial charge in [0.05, 0.1) is 36.0 Å². The summed E-state index contributed by atoms with van der Waals surface area (Å²) in [6.07, 6.45) is 18.1. The molecule has 1 aliphatic rings. The Kier molecular flexibility index (Phi) is 6.12. The van der Waals surface area contributed by atoms with E-state index in [9.17, 15) is 0 Å². The lowest BCUT2D eigenvalue weighted by molar-refractivity contribution is -0.193. The number of pyridine rings is 1. The Hall–Kier alpha value is -6.29. The first-order valence-corrected chi connectivity index (χ1v) is 13.9. The maximum atomic E-state index is 7.67. The molecule has 8 heterocycles. The summed E-state index contributed by atoms with van der Waals surface area (Å²) in [6, 6.07) is 12.8. The molecule has 7 aromatic heterocycles. The van der Waals surface area contributed by atoms with Gasteiger partial charge in [-0.25, -0.2) is 15.0 Å². The highest BCUT2D eigenvalue weighted by molar-refractivity contribution is 5.58. The third-order valence-corrected chi connectivity index (χ3v) is 7.90. The van der Waals surface area contributed by atoms with Crippen LogP contribution in [-0.2, 0) is 21.5 Å². The van der Waals surface area contributed by atoms with Crippen molar-refractivity contribution >= 4 is 5.82 Å². The van der Waals surface area contributed by atoms with Gasteiger partial charge >= 0.3 is 0 Å². The first-order chi connectivity index (χ1) is 22.3. The Balaban J connectivity index is 1.61. The zero-order chi connectivity index (χ0) is 30.2. The van der Waals surface area contributed by atoms with E-state index < -0.39 is 16.7 Å². The fourth-order valence-corrected chi connectivity index (χ4v) is 6.18. The highest BCUT2D eigenvalue weighted by Gasteiger charge is 2.73. The van der Waals surface area contributed by atoms with Crippen molar-refractivity contribution in [3.05, 3.63) is 145 Å². The van der Waals surface area contributed by atoms with Crippen LogP contribution < -0.4 is 4.90 Å². The minimum Gasteiger partial charge on any atom is -0.346 e. The van der Waals surface area contributed by atoms with Gasteiger partial charge in [-0.15, -0.1) is 5.10 Å². The lowest BCUT2D eigenvalue weighted by atomic mass is 9.67. The molecular formula is C29H23N15O. The number of nitrogens with zero attached hydrogens (tertiary/aromatic N) is 12. The summed E-state index contributed by atoms with van der Waals surface area (Å²) >= 11 is 0. The normalized spacial score (nSPS) is 23.2. The molecule has 0 spiro atoms. The lowest BCUT2D eigenvalue weighted by Crippen LogP contribution is -2.73. The molecule has 45 heavy (non-hydrogen) atoms. The molecule has 0 saturated carbocycles. The lowest BCUT2D eigenvalue weighted by Gasteiger charge is -2.60. The molecule has 220 valence electrons. The van der Waals surface area contributed by atoms with Gasteiger partial charge in [-0.05, 0) is 36.4 Å². The van der Waals surface area contributed by atoms with Crippen LogP contribution in [0.15, 0.2) is 111 Å². The summed E-state index contributed by atoms with van der Waals surface area (Å²) in [5.41, 5.74) is -2.88. The number of imidazole rings is 1. The summed E-state index contributed by atoms with van der Waals surface area (Å²) in [5.74, 6) is 1.24. The van der Waals surface area contributed by atoms with Gasteiger partial charge in [0.2, 0.25) is 0 Å². The molecule has 0 aromatic carbocycles. The smallest absolute Gasteiger partial charge is 0.193 e. The number of anilines is 1. The summed E-state index contributed by atoms with van der Waals surface area (Å²) in [4.78, 5) is 34.0. The maximum absolute atomic E-state index is 7.67. The fraction of sp³-hybridized carbons (Fsp3) is 0.138. The molecule has 16 nitrogen and oxygen atoms in total. The highest BCUT2D eigenvalue weighted by atomic mass is 16.5. The predicted octanol–water partition coefficient (Wildman–Crippen LogP) is 1.68. The summed E-state index contributed by atoms with van der Waals surface area (Å²) < 4.78 is 7.67. The van der Waals surface area contributed by atoms with Crippen LogP contribution in [-0.4, -0.2) is 77.2 Å². The van der Waals surface area contributed by atoms with E-state index in [2.05, 4.69) is 45.8 Å². The van der Waals surface area contributed by atoms with Crippen LogP contribution >= 0.6 is 0 Å². The minimum atomic E-state index is -1.73. The van der Waals surface area contributed by atoms with Gasteiger partial charge in [0.15, 0.2) is 28.4 Å². The topological polar surface area (TPSA) is 202 Å². The van der Waals surface area contributed by atoms with Crippen LogP contribution in [0.4, 0.5) is 5.82 Å². The van der Waals surface area contributed by atoms with E-state index in [0.29, 0.717) is 40.2 Å². The number of aromatic nitrogens is 14. The molecule has 1 fully saturated rings. The van der Waals surface area contributed by atoms with E-state index in [1.165, 1.54) is 0 Å². The number of hydrogen-bond acceptors (Lipinski definition) is 13. The molecular weight excluding hydrogens is 574 g/mol. The number of hydrogen-bond donors (Lipinski definition) is 3. The van der Waals surface area contributed by atoms with Crippen LogP contribution in [0.5, 0.6) is 0 Å². The first-order valence-electron chi connectivity index (χ1n) is 13.9. The van der Waals surface area contributed by atoms with Crippen molar-refractivity contribution in [1.29, 1.82) is 0 Å². The molecule has 1 saturated heterocycles. The van der Waals surface area contributed by atoms with Gasteiger partial charge < -0.3 is 14.6 Å². The Morgan fingerprint density at radius 1 is 0.733 bits per heavy atom. The molecule has 0 bridgehead atoms. The summed E-state index contributed by atoms with van der Waals surface area (Å²) in [7, 11) is 0. The molecule has 0 radical (unpaired) electrons. The van der Waals surface area contributed by atoms with E-state index in [1.807, 2.05) is 35.2 Å². The standard InChI is InChI=1S/C29H23N15O/c1-2-8-31-21(5-1)29(23-18-39-43-41-23)28(22-17-30-13-14-32-22,26-33-9-4-10-34-26)44(24-6-3-11-37-42-24)19-27(45-29,20-7-12-38-40-20)25-35-15-16-36-25/h1-18H,19H2,(H,35,36)(H,38,40)(H,39,41,43). The number of ether oxygens (including phenoxy) is 1. The second-order valence-electron chi connectivity index (χ2n) is 10.1. The Labute approximate surface area is 254 Å². The van der Waals surface area contributed by atoms with Crippen molar-refractivity contribution in [2.45, 2.75) is 16.7 Å². The second kappa shape index (κ2) is 10.5. The highest BCUT2D eigenvalue weighted by Crippen LogP contribution is 2.60. The van der Waals surface area contributed by atoms with Crippen LogP contribution in [0.2, 0.25) is 0 Å². The second-order valence-corrected chi connectivity index (χ2v) is 10.1. The van der Waals surface area contributed by atoms with Crippen molar-refractivity contribution in [1.82, 2.24) is 70.7 Å². The van der Waals surface area contributed by atoms with Gasteiger partial charge in [0.1, 0.15) is 11.5 Å². The fourth-order valence-electron chi connectivity index (χ4n) is 6.18. The van der Waals surface area contributed by atoms with Crippen LogP contribution in [0, 0.1) is 0 Å². The molecule has 3 unspecified atom stereocenters. The number of morpholine rings is 1. The minimum absolute atomic E-state index is 0.0860. The van der Waals surface area contributed by atoms with Gasteiger partial charge in [-0.3, -0.25) is 20.1 Å². The van der Waals surface area contributed by atoms with Crippen LogP contribution in [0.1, 0.15) is 34.4 Å². The van der Waals surface area contributed by atoms with Gasteiger partial charge in [-0.2, -0.15) is 25.6 Å². The van der Waals surface area contributed by atoms with Crippen LogP contribution in [0.3, 0.4) is 0 Å². The van der Waals surface area contributed by atoms with Crippen molar-refractivity contribution < 1.29 is 4.74 Å². The zero-order valence-corrected chi connectivity index (χ0v) is 23.4. The third-order valence-electron chi connectivity index (χ3n) is 7.90. The average molecular weight is 598 g/mol. The molecule has 0 amide bonds. The van der Waals surface area contributed by atoms with E-state index >= 15 is 0 Å². The Morgan fingerprint density at radius 3 is 2.33 bits per heavy atom. The SMILES string of the molecule is c1ccc(C2(c3cn[nH]n3)OC(c3ccn[nH]3)(c3ncc[nH]3)CN(c3cccnn3)C2(c2cnccn2)c2ncccn2)nc1.